The maximum atomic E-state index is 13.1. The van der Waals surface area contributed by atoms with E-state index in [-0.39, 0.29) is 36.6 Å². The molecule has 1 fully saturated rings. The second-order valence-corrected chi connectivity index (χ2v) is 5.16. The number of hydrogen-bond acceptors (Lipinski definition) is 2. The van der Waals surface area contributed by atoms with Crippen molar-refractivity contribution in [1.29, 1.82) is 0 Å². The van der Waals surface area contributed by atoms with Gasteiger partial charge in [-0.25, -0.2) is 4.39 Å². The van der Waals surface area contributed by atoms with Gasteiger partial charge < -0.3 is 10.6 Å². The van der Waals surface area contributed by atoms with E-state index in [1.807, 2.05) is 0 Å². The van der Waals surface area contributed by atoms with E-state index in [9.17, 15) is 9.18 Å². The van der Waals surface area contributed by atoms with Crippen molar-refractivity contribution in [3.63, 3.8) is 0 Å². The van der Waals surface area contributed by atoms with Crippen LogP contribution in [0.1, 0.15) is 12.0 Å². The molecular weight excluding hydrogens is 322 g/mol. The standard InChI is InChI=1S/C12H14BrFN2O.ClH/c13-11-2-1-9(14)5-8(11)6-12(17)16-4-3-10(15)7-16;/h1-2,5,10H,3-4,6-7,15H2;1H. The van der Waals surface area contributed by atoms with Crippen molar-refractivity contribution in [1.82, 2.24) is 4.90 Å². The molecule has 0 spiro atoms. The van der Waals surface area contributed by atoms with E-state index in [1.54, 1.807) is 11.0 Å². The number of hydrogen-bond donors (Lipinski definition) is 1. The number of carbonyl (C=O) groups excluding carboxylic acids is 1. The quantitative estimate of drug-likeness (QED) is 0.898. The fourth-order valence-electron chi connectivity index (χ4n) is 1.97. The highest BCUT2D eigenvalue weighted by Crippen LogP contribution is 2.20. The third-order valence-corrected chi connectivity index (χ3v) is 3.70. The molecule has 6 heteroatoms. The Balaban J connectivity index is 0.00000162. The number of benzene rings is 1. The van der Waals surface area contributed by atoms with Gasteiger partial charge in [0.25, 0.3) is 0 Å². The molecule has 1 aromatic carbocycles. The summed E-state index contributed by atoms with van der Waals surface area (Å²) in [7, 11) is 0. The lowest BCUT2D eigenvalue weighted by molar-refractivity contribution is -0.129. The van der Waals surface area contributed by atoms with Crippen LogP contribution < -0.4 is 5.73 Å². The summed E-state index contributed by atoms with van der Waals surface area (Å²) in [5.74, 6) is -0.321. The van der Waals surface area contributed by atoms with Crippen molar-refractivity contribution in [2.45, 2.75) is 18.9 Å². The van der Waals surface area contributed by atoms with Gasteiger partial charge in [0, 0.05) is 23.6 Å². The van der Waals surface area contributed by atoms with Crippen molar-refractivity contribution in [3.05, 3.63) is 34.1 Å². The van der Waals surface area contributed by atoms with Crippen molar-refractivity contribution >= 4 is 34.2 Å². The molecule has 3 nitrogen and oxygen atoms in total. The number of carbonyl (C=O) groups is 1. The van der Waals surface area contributed by atoms with Gasteiger partial charge in [-0.1, -0.05) is 15.9 Å². The SMILES string of the molecule is Cl.NC1CCN(C(=O)Cc2cc(F)ccc2Br)C1. The van der Waals surface area contributed by atoms with Gasteiger partial charge in [0.05, 0.1) is 6.42 Å². The molecule has 1 amide bonds. The van der Waals surface area contributed by atoms with Crippen LogP contribution >= 0.6 is 28.3 Å². The lowest BCUT2D eigenvalue weighted by atomic mass is 10.1. The predicted octanol–water partition coefficient (Wildman–Crippen LogP) is 2.11. The fraction of sp³-hybridized carbons (Fsp3) is 0.417. The first kappa shape index (κ1) is 15.4. The van der Waals surface area contributed by atoms with E-state index in [0.29, 0.717) is 18.7 Å². The minimum Gasteiger partial charge on any atom is -0.341 e. The minimum absolute atomic E-state index is 0. The van der Waals surface area contributed by atoms with Gasteiger partial charge in [0.2, 0.25) is 5.91 Å². The van der Waals surface area contributed by atoms with Gasteiger partial charge in [-0.2, -0.15) is 0 Å². The van der Waals surface area contributed by atoms with Gasteiger partial charge in [-0.15, -0.1) is 12.4 Å². The number of halogens is 3. The highest BCUT2D eigenvalue weighted by molar-refractivity contribution is 9.10. The molecule has 2 rings (SSSR count). The van der Waals surface area contributed by atoms with E-state index in [2.05, 4.69) is 15.9 Å². The maximum absolute atomic E-state index is 13.1. The molecule has 1 heterocycles. The highest BCUT2D eigenvalue weighted by Gasteiger charge is 2.23. The Morgan fingerprint density at radius 2 is 2.28 bits per heavy atom. The van der Waals surface area contributed by atoms with Crippen LogP contribution in [0.5, 0.6) is 0 Å². The number of likely N-dealkylation sites (tertiary alicyclic amines) is 1. The van der Waals surface area contributed by atoms with Crippen molar-refractivity contribution < 1.29 is 9.18 Å². The molecular formula is C12H15BrClFN2O. The Hall–Kier alpha value is -0.650. The summed E-state index contributed by atoms with van der Waals surface area (Å²) in [5.41, 5.74) is 6.42. The normalized spacial score (nSPS) is 18.6. The number of amides is 1. The van der Waals surface area contributed by atoms with E-state index < -0.39 is 0 Å². The third-order valence-electron chi connectivity index (χ3n) is 2.93. The molecule has 1 aromatic rings. The predicted molar refractivity (Wildman–Crippen MR) is 74.2 cm³/mol. The van der Waals surface area contributed by atoms with E-state index in [4.69, 9.17) is 5.73 Å². The van der Waals surface area contributed by atoms with E-state index >= 15 is 0 Å². The molecule has 1 atom stereocenters. The zero-order chi connectivity index (χ0) is 12.4. The van der Waals surface area contributed by atoms with Crippen LogP contribution in [0.4, 0.5) is 4.39 Å². The smallest absolute Gasteiger partial charge is 0.227 e. The third kappa shape index (κ3) is 3.67. The number of nitrogens with zero attached hydrogens (tertiary/aromatic N) is 1. The first-order chi connectivity index (χ1) is 8.06. The number of nitrogens with two attached hydrogens (primary N) is 1. The van der Waals surface area contributed by atoms with Gasteiger partial charge in [-0.05, 0) is 30.2 Å². The molecule has 0 aromatic heterocycles. The molecule has 1 aliphatic heterocycles. The fourth-order valence-corrected chi connectivity index (χ4v) is 2.35. The molecule has 0 radical (unpaired) electrons. The van der Waals surface area contributed by atoms with Crippen molar-refractivity contribution in [2.75, 3.05) is 13.1 Å². The van der Waals surface area contributed by atoms with Crippen LogP contribution in [-0.4, -0.2) is 29.9 Å². The second kappa shape index (κ2) is 6.50. The van der Waals surface area contributed by atoms with Crippen molar-refractivity contribution in [2.24, 2.45) is 5.73 Å². The Kier molecular flexibility index (Phi) is 5.56. The van der Waals surface area contributed by atoms with Crippen LogP contribution in [0.2, 0.25) is 0 Å². The highest BCUT2D eigenvalue weighted by atomic mass is 79.9. The van der Waals surface area contributed by atoms with Gasteiger partial charge in [0.15, 0.2) is 0 Å². The summed E-state index contributed by atoms with van der Waals surface area (Å²) in [6.45, 7) is 1.30. The Bertz CT molecular complexity index is 444. The van der Waals surface area contributed by atoms with E-state index in [1.165, 1.54) is 12.1 Å². The summed E-state index contributed by atoms with van der Waals surface area (Å²) >= 11 is 3.32. The molecule has 1 aliphatic rings. The molecule has 0 bridgehead atoms. The average molecular weight is 338 g/mol. The molecule has 1 saturated heterocycles. The Morgan fingerprint density at radius 1 is 1.56 bits per heavy atom. The zero-order valence-corrected chi connectivity index (χ0v) is 12.1. The summed E-state index contributed by atoms with van der Waals surface area (Å²) in [6, 6.07) is 4.45. The van der Waals surface area contributed by atoms with Gasteiger partial charge in [-0.3, -0.25) is 4.79 Å². The molecule has 100 valence electrons. The average Bonchev–Trinajstić information content (AvgIpc) is 2.70. The second-order valence-electron chi connectivity index (χ2n) is 4.30. The largest absolute Gasteiger partial charge is 0.341 e. The van der Waals surface area contributed by atoms with Crippen LogP contribution in [-0.2, 0) is 11.2 Å². The molecule has 0 saturated carbocycles. The van der Waals surface area contributed by atoms with Gasteiger partial charge in [0.1, 0.15) is 5.82 Å². The Morgan fingerprint density at radius 3 is 2.89 bits per heavy atom. The first-order valence-electron chi connectivity index (χ1n) is 5.53. The van der Waals surface area contributed by atoms with Crippen LogP contribution in [0.3, 0.4) is 0 Å². The van der Waals surface area contributed by atoms with Crippen LogP contribution in [0.25, 0.3) is 0 Å². The topological polar surface area (TPSA) is 46.3 Å². The maximum Gasteiger partial charge on any atom is 0.227 e. The summed E-state index contributed by atoms with van der Waals surface area (Å²) in [5, 5.41) is 0. The minimum atomic E-state index is -0.325. The summed E-state index contributed by atoms with van der Waals surface area (Å²) in [6.07, 6.45) is 1.06. The molecule has 18 heavy (non-hydrogen) atoms. The summed E-state index contributed by atoms with van der Waals surface area (Å²) < 4.78 is 13.8. The lowest BCUT2D eigenvalue weighted by Gasteiger charge is -2.16. The first-order valence-corrected chi connectivity index (χ1v) is 6.33. The van der Waals surface area contributed by atoms with E-state index in [0.717, 1.165) is 10.9 Å². The lowest BCUT2D eigenvalue weighted by Crippen LogP contribution is -2.33. The van der Waals surface area contributed by atoms with Gasteiger partial charge >= 0.3 is 0 Å². The molecule has 2 N–H and O–H groups in total. The van der Waals surface area contributed by atoms with Crippen LogP contribution in [0, 0.1) is 5.82 Å². The monoisotopic (exact) mass is 336 g/mol. The molecule has 1 unspecified atom stereocenters. The summed E-state index contributed by atoms with van der Waals surface area (Å²) in [4.78, 5) is 13.7. The molecule has 0 aliphatic carbocycles. The Labute approximate surface area is 120 Å². The van der Waals surface area contributed by atoms with Crippen LogP contribution in [0.15, 0.2) is 22.7 Å². The van der Waals surface area contributed by atoms with Crippen molar-refractivity contribution in [3.8, 4) is 0 Å². The number of rotatable bonds is 2. The zero-order valence-electron chi connectivity index (χ0n) is 9.73.